The molecule has 0 aliphatic heterocycles. The lowest BCUT2D eigenvalue weighted by molar-refractivity contribution is -0.305. The molecule has 21 heavy (non-hydrogen) atoms. The number of hydrogen-bond donors (Lipinski definition) is 1. The van der Waals surface area contributed by atoms with Crippen molar-refractivity contribution in [1.29, 1.82) is 0 Å². The largest absolute Gasteiger partial charge is 0.550 e. The third-order valence-corrected chi connectivity index (χ3v) is 3.33. The lowest BCUT2D eigenvalue weighted by Gasteiger charge is -2.05. The molecule has 0 aromatic carbocycles. The number of aliphatic hydroxyl groups is 1. The number of carboxylic acid groups (broad SMARTS) is 1. The minimum Gasteiger partial charge on any atom is -0.550 e. The van der Waals surface area contributed by atoms with Gasteiger partial charge in [0.1, 0.15) is 0 Å². The monoisotopic (exact) mass is 301 g/mol. The Morgan fingerprint density at radius 3 is 1.90 bits per heavy atom. The molecule has 0 amide bonds. The molecule has 0 fully saturated rings. The van der Waals surface area contributed by atoms with Gasteiger partial charge >= 0.3 is 5.97 Å². The summed E-state index contributed by atoms with van der Waals surface area (Å²) in [6.07, 6.45) is 9.70. The molecular formula is C16H29O5-. The van der Waals surface area contributed by atoms with E-state index in [0.717, 1.165) is 57.8 Å². The summed E-state index contributed by atoms with van der Waals surface area (Å²) in [6, 6.07) is 0. The van der Waals surface area contributed by atoms with Crippen molar-refractivity contribution in [2.24, 2.45) is 0 Å². The lowest BCUT2D eigenvalue weighted by atomic mass is 10.1. The number of unbranched alkanes of at least 4 members (excludes halogenated alkanes) is 8. The van der Waals surface area contributed by atoms with Gasteiger partial charge in [0.05, 0.1) is 6.61 Å². The zero-order valence-corrected chi connectivity index (χ0v) is 13.0. The Balaban J connectivity index is 3.17. The molecule has 0 saturated heterocycles. The van der Waals surface area contributed by atoms with Crippen molar-refractivity contribution in [3.8, 4) is 0 Å². The Kier molecular flexibility index (Phi) is 14.5. The molecule has 0 heterocycles. The van der Waals surface area contributed by atoms with Crippen LogP contribution in [0.2, 0.25) is 0 Å². The summed E-state index contributed by atoms with van der Waals surface area (Å²) < 4.78 is 5.12. The predicted octanol–water partition coefficient (Wildman–Crippen LogP) is 1.95. The molecule has 5 heteroatoms. The van der Waals surface area contributed by atoms with Crippen LogP contribution in [0.1, 0.15) is 77.0 Å². The molecule has 0 rings (SSSR count). The topological polar surface area (TPSA) is 86.7 Å². The van der Waals surface area contributed by atoms with Gasteiger partial charge in [-0.15, -0.1) is 0 Å². The summed E-state index contributed by atoms with van der Waals surface area (Å²) >= 11 is 0. The molecule has 0 unspecified atom stereocenters. The first kappa shape index (κ1) is 19.9. The number of carbonyl (C=O) groups is 2. The zero-order valence-electron chi connectivity index (χ0n) is 13.0. The number of rotatable bonds is 15. The fourth-order valence-corrected chi connectivity index (χ4v) is 2.07. The maximum Gasteiger partial charge on any atom is 0.305 e. The van der Waals surface area contributed by atoms with Gasteiger partial charge in [0.15, 0.2) is 0 Å². The molecule has 1 N–H and O–H groups in total. The minimum absolute atomic E-state index is 0.130. The molecule has 124 valence electrons. The van der Waals surface area contributed by atoms with Crippen molar-refractivity contribution in [1.82, 2.24) is 0 Å². The summed E-state index contributed by atoms with van der Waals surface area (Å²) in [7, 11) is 0. The quantitative estimate of drug-likeness (QED) is 0.369. The van der Waals surface area contributed by atoms with Crippen LogP contribution < -0.4 is 5.11 Å². The van der Waals surface area contributed by atoms with Crippen LogP contribution in [0.25, 0.3) is 0 Å². The van der Waals surface area contributed by atoms with E-state index < -0.39 is 5.97 Å². The summed E-state index contributed by atoms with van der Waals surface area (Å²) in [4.78, 5) is 21.6. The first-order chi connectivity index (χ1) is 10.2. The van der Waals surface area contributed by atoms with E-state index in [1.165, 1.54) is 0 Å². The normalized spacial score (nSPS) is 10.5. The summed E-state index contributed by atoms with van der Waals surface area (Å²) in [6.45, 7) is 0.709. The van der Waals surface area contributed by atoms with Crippen LogP contribution in [-0.4, -0.2) is 30.3 Å². The highest BCUT2D eigenvalue weighted by Gasteiger charge is 2.02. The van der Waals surface area contributed by atoms with E-state index in [1.807, 2.05) is 0 Å². The van der Waals surface area contributed by atoms with Crippen LogP contribution in [0.3, 0.4) is 0 Å². The second-order valence-corrected chi connectivity index (χ2v) is 5.35. The molecule has 0 saturated carbocycles. The Hall–Kier alpha value is -1.10. The van der Waals surface area contributed by atoms with Gasteiger partial charge < -0.3 is 19.7 Å². The van der Waals surface area contributed by atoms with Crippen molar-refractivity contribution in [2.75, 3.05) is 13.2 Å². The third kappa shape index (κ3) is 16.8. The smallest absolute Gasteiger partial charge is 0.305 e. The number of carboxylic acids is 1. The Morgan fingerprint density at radius 2 is 1.29 bits per heavy atom. The van der Waals surface area contributed by atoms with Crippen LogP contribution >= 0.6 is 0 Å². The van der Waals surface area contributed by atoms with E-state index in [0.29, 0.717) is 19.4 Å². The first-order valence-electron chi connectivity index (χ1n) is 8.13. The lowest BCUT2D eigenvalue weighted by Crippen LogP contribution is -2.21. The van der Waals surface area contributed by atoms with Crippen LogP contribution in [0.5, 0.6) is 0 Å². The molecule has 0 aromatic rings. The number of ether oxygens (including phenoxy) is 1. The highest BCUT2D eigenvalue weighted by Crippen LogP contribution is 2.09. The molecule has 0 radical (unpaired) electrons. The van der Waals surface area contributed by atoms with Crippen molar-refractivity contribution in [3.63, 3.8) is 0 Å². The molecular weight excluding hydrogens is 272 g/mol. The van der Waals surface area contributed by atoms with E-state index in [9.17, 15) is 14.7 Å². The number of hydrogen-bond acceptors (Lipinski definition) is 5. The van der Waals surface area contributed by atoms with Crippen LogP contribution in [-0.2, 0) is 14.3 Å². The second-order valence-electron chi connectivity index (χ2n) is 5.35. The van der Waals surface area contributed by atoms with Gasteiger partial charge in [0.25, 0.3) is 0 Å². The van der Waals surface area contributed by atoms with E-state index in [4.69, 9.17) is 9.84 Å². The molecule has 0 spiro atoms. The molecule has 0 aliphatic rings. The van der Waals surface area contributed by atoms with E-state index in [1.54, 1.807) is 0 Å². The van der Waals surface area contributed by atoms with E-state index >= 15 is 0 Å². The van der Waals surface area contributed by atoms with E-state index in [2.05, 4.69) is 0 Å². The summed E-state index contributed by atoms with van der Waals surface area (Å²) in [5.74, 6) is -1.11. The Bertz CT molecular complexity index is 265. The van der Waals surface area contributed by atoms with E-state index in [-0.39, 0.29) is 19.0 Å². The number of carbonyl (C=O) groups excluding carboxylic acids is 2. The standard InChI is InChI=1S/C16H30O5/c17-13-9-5-6-10-14-21-16(20)12-8-4-2-1-3-7-11-15(18)19/h17H,1-14H2,(H,18,19)/p-1. The molecule has 0 atom stereocenters. The Morgan fingerprint density at radius 1 is 0.762 bits per heavy atom. The molecule has 0 bridgehead atoms. The number of aliphatic hydroxyl groups excluding tert-OH is 1. The maximum absolute atomic E-state index is 11.4. The maximum atomic E-state index is 11.4. The fourth-order valence-electron chi connectivity index (χ4n) is 2.07. The molecule has 5 nitrogen and oxygen atoms in total. The minimum atomic E-state index is -0.978. The second kappa shape index (κ2) is 15.3. The van der Waals surface area contributed by atoms with Crippen molar-refractivity contribution in [2.45, 2.75) is 77.0 Å². The van der Waals surface area contributed by atoms with Gasteiger partial charge in [-0.1, -0.05) is 32.1 Å². The zero-order chi connectivity index (χ0) is 15.8. The highest BCUT2D eigenvalue weighted by molar-refractivity contribution is 5.69. The van der Waals surface area contributed by atoms with Gasteiger partial charge in [-0.05, 0) is 38.5 Å². The molecule has 0 aliphatic carbocycles. The van der Waals surface area contributed by atoms with Crippen LogP contribution in [0, 0.1) is 0 Å². The van der Waals surface area contributed by atoms with Gasteiger partial charge in [-0.2, -0.15) is 0 Å². The van der Waals surface area contributed by atoms with Crippen molar-refractivity contribution >= 4 is 11.9 Å². The SMILES string of the molecule is O=C([O-])CCCCCCCCC(=O)OCCCCCCO. The van der Waals surface area contributed by atoms with Gasteiger partial charge in [-0.3, -0.25) is 4.79 Å². The summed E-state index contributed by atoms with van der Waals surface area (Å²) in [5, 5.41) is 18.8. The van der Waals surface area contributed by atoms with Crippen LogP contribution in [0.15, 0.2) is 0 Å². The Labute approximate surface area is 127 Å². The number of aliphatic carboxylic acids is 1. The van der Waals surface area contributed by atoms with Gasteiger partial charge in [-0.25, -0.2) is 0 Å². The van der Waals surface area contributed by atoms with Crippen molar-refractivity contribution < 1.29 is 24.5 Å². The first-order valence-corrected chi connectivity index (χ1v) is 8.13. The van der Waals surface area contributed by atoms with Crippen molar-refractivity contribution in [3.05, 3.63) is 0 Å². The third-order valence-electron chi connectivity index (χ3n) is 3.33. The summed E-state index contributed by atoms with van der Waals surface area (Å²) in [5.41, 5.74) is 0. The highest BCUT2D eigenvalue weighted by atomic mass is 16.5. The predicted molar refractivity (Wildman–Crippen MR) is 78.5 cm³/mol. The molecule has 0 aromatic heterocycles. The number of esters is 1. The van der Waals surface area contributed by atoms with Gasteiger partial charge in [0, 0.05) is 19.0 Å². The van der Waals surface area contributed by atoms with Crippen LogP contribution in [0.4, 0.5) is 0 Å². The average molecular weight is 301 g/mol. The van der Waals surface area contributed by atoms with Gasteiger partial charge in [0.2, 0.25) is 0 Å². The fraction of sp³-hybridized carbons (Fsp3) is 0.875. The average Bonchev–Trinajstić information content (AvgIpc) is 2.45.